The molecule has 2 unspecified atom stereocenters. The fourth-order valence-electron chi connectivity index (χ4n) is 2.77. The molecular formula is C24H34O5. The van der Waals surface area contributed by atoms with E-state index in [1.165, 1.54) is 0 Å². The third-order valence-corrected chi connectivity index (χ3v) is 4.73. The van der Waals surface area contributed by atoms with Gasteiger partial charge in [0, 0.05) is 0 Å². The van der Waals surface area contributed by atoms with Gasteiger partial charge in [-0.25, -0.2) is 0 Å². The van der Waals surface area contributed by atoms with Crippen LogP contribution in [0, 0.1) is 0 Å². The molecule has 0 bridgehead atoms. The average molecular weight is 403 g/mol. The van der Waals surface area contributed by atoms with Gasteiger partial charge in [-0.3, -0.25) is 0 Å². The maximum absolute atomic E-state index is 9.54. The average Bonchev–Trinajstić information content (AvgIpc) is 2.76. The monoisotopic (exact) mass is 402 g/mol. The van der Waals surface area contributed by atoms with Gasteiger partial charge < -0.3 is 24.4 Å². The lowest BCUT2D eigenvalue weighted by atomic mass is 10.1. The minimum Gasteiger partial charge on any atom is -0.494 e. The van der Waals surface area contributed by atoms with Crippen LogP contribution in [0.4, 0.5) is 0 Å². The van der Waals surface area contributed by atoms with Crippen LogP contribution in [-0.2, 0) is 0 Å². The van der Waals surface area contributed by atoms with E-state index >= 15 is 0 Å². The lowest BCUT2D eigenvalue weighted by molar-refractivity contribution is 0.148. The lowest BCUT2D eigenvalue weighted by Crippen LogP contribution is -2.07. The van der Waals surface area contributed by atoms with Crippen molar-refractivity contribution < 1.29 is 24.4 Å². The summed E-state index contributed by atoms with van der Waals surface area (Å²) in [5, 5.41) is 19.1. The summed E-state index contributed by atoms with van der Waals surface area (Å²) in [5.41, 5.74) is 0. The standard InChI is InChI=1S/C24H34O5/c1-3-19(25)7-5-17-27-21-9-13-23(14-10-21)29-24-15-11-22(12-16-24)28-18-6-8-20(26)4-2/h9-16,19-20,25-26H,3-8,17-18H2,1-2H3. The van der Waals surface area contributed by atoms with Crippen LogP contribution < -0.4 is 14.2 Å². The summed E-state index contributed by atoms with van der Waals surface area (Å²) in [5.74, 6) is 3.06. The van der Waals surface area contributed by atoms with E-state index in [1.54, 1.807) is 0 Å². The first-order valence-electron chi connectivity index (χ1n) is 10.6. The Balaban J connectivity index is 1.71. The summed E-state index contributed by atoms with van der Waals surface area (Å²) < 4.78 is 17.2. The molecule has 29 heavy (non-hydrogen) atoms. The Hall–Kier alpha value is -2.24. The van der Waals surface area contributed by atoms with Gasteiger partial charge in [-0.1, -0.05) is 13.8 Å². The molecule has 0 saturated heterocycles. The SMILES string of the molecule is CCC(O)CCCOc1ccc(Oc2ccc(OCCCC(O)CC)cc2)cc1. The number of hydrogen-bond acceptors (Lipinski definition) is 5. The van der Waals surface area contributed by atoms with Crippen molar-refractivity contribution in [3.8, 4) is 23.0 Å². The van der Waals surface area contributed by atoms with Gasteiger partial charge >= 0.3 is 0 Å². The first kappa shape index (κ1) is 23.0. The maximum Gasteiger partial charge on any atom is 0.127 e. The van der Waals surface area contributed by atoms with E-state index in [1.807, 2.05) is 62.4 Å². The van der Waals surface area contributed by atoms with Crippen LogP contribution in [0.3, 0.4) is 0 Å². The smallest absolute Gasteiger partial charge is 0.127 e. The van der Waals surface area contributed by atoms with Crippen molar-refractivity contribution in [1.29, 1.82) is 0 Å². The fourth-order valence-corrected chi connectivity index (χ4v) is 2.77. The highest BCUT2D eigenvalue weighted by molar-refractivity contribution is 5.37. The zero-order valence-electron chi connectivity index (χ0n) is 17.5. The highest BCUT2D eigenvalue weighted by Crippen LogP contribution is 2.26. The quantitative estimate of drug-likeness (QED) is 0.418. The fraction of sp³-hybridized carbons (Fsp3) is 0.500. The van der Waals surface area contributed by atoms with E-state index in [4.69, 9.17) is 14.2 Å². The topological polar surface area (TPSA) is 68.2 Å². The molecule has 5 nitrogen and oxygen atoms in total. The molecule has 2 aromatic carbocycles. The van der Waals surface area contributed by atoms with Gasteiger partial charge in [0.15, 0.2) is 0 Å². The molecule has 2 N–H and O–H groups in total. The molecule has 5 heteroatoms. The Morgan fingerprint density at radius 1 is 0.621 bits per heavy atom. The van der Waals surface area contributed by atoms with Crippen LogP contribution in [-0.4, -0.2) is 35.6 Å². The van der Waals surface area contributed by atoms with E-state index in [0.717, 1.165) is 61.5 Å². The van der Waals surface area contributed by atoms with E-state index in [2.05, 4.69) is 0 Å². The Morgan fingerprint density at radius 2 is 0.966 bits per heavy atom. The van der Waals surface area contributed by atoms with E-state index in [-0.39, 0.29) is 12.2 Å². The van der Waals surface area contributed by atoms with Crippen molar-refractivity contribution in [2.45, 2.75) is 64.6 Å². The Labute approximate surface area is 174 Å². The summed E-state index contributed by atoms with van der Waals surface area (Å²) in [6, 6.07) is 15.0. The number of aliphatic hydroxyl groups is 2. The Kier molecular flexibility index (Phi) is 10.4. The maximum atomic E-state index is 9.54. The van der Waals surface area contributed by atoms with E-state index < -0.39 is 0 Å². The predicted molar refractivity (Wildman–Crippen MR) is 115 cm³/mol. The highest BCUT2D eigenvalue weighted by atomic mass is 16.5. The Bertz CT molecular complexity index is 609. The second-order valence-electron chi connectivity index (χ2n) is 7.15. The largest absolute Gasteiger partial charge is 0.494 e. The minimum absolute atomic E-state index is 0.236. The van der Waals surface area contributed by atoms with E-state index in [9.17, 15) is 10.2 Å². The second-order valence-corrected chi connectivity index (χ2v) is 7.15. The van der Waals surface area contributed by atoms with Gasteiger partial charge in [-0.2, -0.15) is 0 Å². The third kappa shape index (κ3) is 9.20. The molecule has 0 aromatic heterocycles. The van der Waals surface area contributed by atoms with Crippen LogP contribution in [0.5, 0.6) is 23.0 Å². The molecule has 0 radical (unpaired) electrons. The van der Waals surface area contributed by atoms with Crippen LogP contribution in [0.15, 0.2) is 48.5 Å². The molecule has 2 rings (SSSR count). The molecule has 0 saturated carbocycles. The first-order valence-corrected chi connectivity index (χ1v) is 10.6. The molecular weight excluding hydrogens is 368 g/mol. The molecule has 0 fully saturated rings. The zero-order chi connectivity index (χ0) is 20.9. The molecule has 0 amide bonds. The van der Waals surface area contributed by atoms with Gasteiger partial charge in [-0.15, -0.1) is 0 Å². The summed E-state index contributed by atoms with van der Waals surface area (Å²) >= 11 is 0. The normalized spacial score (nSPS) is 13.0. The van der Waals surface area contributed by atoms with Gasteiger partial charge in [0.2, 0.25) is 0 Å². The summed E-state index contributed by atoms with van der Waals surface area (Å²) in [6.45, 7) is 5.14. The van der Waals surface area contributed by atoms with Gasteiger partial charge in [0.05, 0.1) is 25.4 Å². The van der Waals surface area contributed by atoms with Crippen molar-refractivity contribution in [3.63, 3.8) is 0 Å². The van der Waals surface area contributed by atoms with Crippen molar-refractivity contribution in [1.82, 2.24) is 0 Å². The first-order chi connectivity index (χ1) is 14.1. The van der Waals surface area contributed by atoms with Crippen LogP contribution in [0.1, 0.15) is 52.4 Å². The zero-order valence-corrected chi connectivity index (χ0v) is 17.5. The van der Waals surface area contributed by atoms with Crippen molar-refractivity contribution in [3.05, 3.63) is 48.5 Å². The van der Waals surface area contributed by atoms with Crippen molar-refractivity contribution >= 4 is 0 Å². The highest BCUT2D eigenvalue weighted by Gasteiger charge is 2.03. The molecule has 2 aromatic rings. The van der Waals surface area contributed by atoms with Gasteiger partial charge in [0.25, 0.3) is 0 Å². The lowest BCUT2D eigenvalue weighted by Gasteiger charge is -2.11. The summed E-state index contributed by atoms with van der Waals surface area (Å²) in [7, 11) is 0. The molecule has 2 atom stereocenters. The summed E-state index contributed by atoms with van der Waals surface area (Å²) in [6.07, 6.45) is 4.28. The molecule has 0 aliphatic rings. The van der Waals surface area contributed by atoms with Crippen molar-refractivity contribution in [2.75, 3.05) is 13.2 Å². The number of benzene rings is 2. The molecule has 0 aliphatic carbocycles. The number of rotatable bonds is 14. The number of aliphatic hydroxyl groups excluding tert-OH is 2. The summed E-state index contributed by atoms with van der Waals surface area (Å²) in [4.78, 5) is 0. The third-order valence-electron chi connectivity index (χ3n) is 4.73. The Morgan fingerprint density at radius 3 is 1.31 bits per heavy atom. The van der Waals surface area contributed by atoms with Gasteiger partial charge in [0.1, 0.15) is 23.0 Å². The molecule has 0 heterocycles. The minimum atomic E-state index is -0.236. The van der Waals surface area contributed by atoms with Crippen LogP contribution >= 0.6 is 0 Å². The van der Waals surface area contributed by atoms with Crippen molar-refractivity contribution in [2.24, 2.45) is 0 Å². The van der Waals surface area contributed by atoms with Crippen LogP contribution in [0.2, 0.25) is 0 Å². The van der Waals surface area contributed by atoms with Crippen LogP contribution in [0.25, 0.3) is 0 Å². The second kappa shape index (κ2) is 13.1. The number of ether oxygens (including phenoxy) is 3. The molecule has 160 valence electrons. The predicted octanol–water partition coefficient (Wildman–Crippen LogP) is 5.34. The van der Waals surface area contributed by atoms with E-state index in [0.29, 0.717) is 13.2 Å². The van der Waals surface area contributed by atoms with Gasteiger partial charge in [-0.05, 0) is 87.1 Å². The molecule has 0 aliphatic heterocycles. The molecule has 0 spiro atoms. The number of hydrogen-bond donors (Lipinski definition) is 2.